The molecule has 0 aliphatic heterocycles. The van der Waals surface area contributed by atoms with Crippen molar-refractivity contribution in [2.45, 2.75) is 70.8 Å². The number of ether oxygens (including phenoxy) is 1. The van der Waals surface area contributed by atoms with Crippen molar-refractivity contribution in [3.63, 3.8) is 0 Å². The SMILES string of the molecule is CCC(=O)NC1CCC(NC(=O)c2c(C)[nH]c3c(-c4cc(C(F)(F)F)ccc4OCc4ncccc4F)ncnc23)CC1. The van der Waals surface area contributed by atoms with E-state index in [0.29, 0.717) is 25.0 Å². The highest BCUT2D eigenvalue weighted by Gasteiger charge is 2.32. The summed E-state index contributed by atoms with van der Waals surface area (Å²) in [6, 6.07) is 5.50. The number of halogens is 4. The molecule has 1 aromatic carbocycles. The number of amides is 2. The lowest BCUT2D eigenvalue weighted by atomic mass is 9.91. The molecule has 13 heteroatoms. The Bertz CT molecular complexity index is 1650. The first kappa shape index (κ1) is 29.9. The number of benzene rings is 1. The highest BCUT2D eigenvalue weighted by Crippen LogP contribution is 2.39. The van der Waals surface area contributed by atoms with Gasteiger partial charge in [-0.05, 0) is 62.9 Å². The Morgan fingerprint density at radius 1 is 1.05 bits per heavy atom. The molecule has 1 fully saturated rings. The van der Waals surface area contributed by atoms with Crippen LogP contribution in [0.25, 0.3) is 22.3 Å². The molecule has 9 nitrogen and oxygen atoms in total. The number of fused-ring (bicyclic) bond motifs is 1. The van der Waals surface area contributed by atoms with E-state index in [2.05, 4.69) is 30.6 Å². The Morgan fingerprint density at radius 2 is 1.77 bits per heavy atom. The molecule has 1 saturated carbocycles. The summed E-state index contributed by atoms with van der Waals surface area (Å²) in [6.45, 7) is 3.13. The first-order valence-corrected chi connectivity index (χ1v) is 13.9. The number of nitrogens with zero attached hydrogens (tertiary/aromatic N) is 3. The molecule has 5 rings (SSSR count). The van der Waals surface area contributed by atoms with Crippen LogP contribution in [-0.4, -0.2) is 43.8 Å². The number of hydrogen-bond donors (Lipinski definition) is 3. The number of carbonyl (C=O) groups is 2. The standard InChI is InChI=1S/C30H30F4N6O3/c1-3-24(41)39-18-7-9-19(10-8-18)40-29(42)25-16(2)38-28-26(36-15-37-27(25)28)20-13-17(30(32,33)34)6-11-23(20)43-14-22-21(31)5-4-12-35-22/h4-6,11-13,15,18-19,38H,3,7-10,14H2,1-2H3,(H,39,41)(H,40,42). The van der Waals surface area contributed by atoms with Crippen molar-refractivity contribution < 1.29 is 31.9 Å². The van der Waals surface area contributed by atoms with Crippen molar-refractivity contribution in [3.8, 4) is 17.0 Å². The highest BCUT2D eigenvalue weighted by atomic mass is 19.4. The monoisotopic (exact) mass is 598 g/mol. The predicted molar refractivity (Wildman–Crippen MR) is 150 cm³/mol. The number of nitrogens with one attached hydrogen (secondary N) is 3. The third-order valence-electron chi connectivity index (χ3n) is 7.51. The Labute approximate surface area is 244 Å². The number of alkyl halides is 3. The third-order valence-corrected chi connectivity index (χ3v) is 7.51. The lowest BCUT2D eigenvalue weighted by Crippen LogP contribution is -2.43. The maximum atomic E-state index is 14.1. The van der Waals surface area contributed by atoms with Gasteiger partial charge in [-0.15, -0.1) is 0 Å². The lowest BCUT2D eigenvalue weighted by Gasteiger charge is -2.29. The second-order valence-electron chi connectivity index (χ2n) is 10.4. The quantitative estimate of drug-likeness (QED) is 0.226. The van der Waals surface area contributed by atoms with Crippen LogP contribution in [0.2, 0.25) is 0 Å². The fourth-order valence-corrected chi connectivity index (χ4v) is 5.26. The fourth-order valence-electron chi connectivity index (χ4n) is 5.26. The van der Waals surface area contributed by atoms with Crippen LogP contribution in [0.4, 0.5) is 17.6 Å². The lowest BCUT2D eigenvalue weighted by molar-refractivity contribution is -0.137. The van der Waals surface area contributed by atoms with Crippen molar-refractivity contribution in [1.29, 1.82) is 0 Å². The molecule has 2 amide bonds. The minimum atomic E-state index is -4.65. The van der Waals surface area contributed by atoms with E-state index in [0.717, 1.165) is 31.0 Å². The molecule has 0 spiro atoms. The zero-order chi connectivity index (χ0) is 30.7. The largest absolute Gasteiger partial charge is 0.486 e. The first-order chi connectivity index (χ1) is 20.5. The van der Waals surface area contributed by atoms with Gasteiger partial charge in [0.1, 0.15) is 41.4 Å². The van der Waals surface area contributed by atoms with Gasteiger partial charge in [0.2, 0.25) is 5.91 Å². The molecule has 0 radical (unpaired) electrons. The normalized spacial score (nSPS) is 17.1. The smallest absolute Gasteiger partial charge is 0.416 e. The second kappa shape index (κ2) is 12.4. The van der Waals surface area contributed by atoms with Gasteiger partial charge in [0.05, 0.1) is 16.6 Å². The predicted octanol–water partition coefficient (Wildman–Crippen LogP) is 5.63. The van der Waals surface area contributed by atoms with Crippen molar-refractivity contribution in [1.82, 2.24) is 30.6 Å². The number of aromatic nitrogens is 4. The summed E-state index contributed by atoms with van der Waals surface area (Å²) < 4.78 is 61.1. The zero-order valence-corrected chi connectivity index (χ0v) is 23.5. The van der Waals surface area contributed by atoms with E-state index in [9.17, 15) is 27.2 Å². The Hall–Kier alpha value is -4.55. The van der Waals surface area contributed by atoms with E-state index in [1.54, 1.807) is 13.8 Å². The van der Waals surface area contributed by atoms with Gasteiger partial charge in [-0.3, -0.25) is 14.6 Å². The molecular weight excluding hydrogens is 568 g/mol. The molecule has 1 aliphatic rings. The minimum absolute atomic E-state index is 0.00406. The van der Waals surface area contributed by atoms with Gasteiger partial charge in [0, 0.05) is 36.0 Å². The maximum Gasteiger partial charge on any atom is 0.416 e. The molecule has 1 aliphatic carbocycles. The average molecular weight is 599 g/mol. The van der Waals surface area contributed by atoms with Crippen LogP contribution in [-0.2, 0) is 17.6 Å². The van der Waals surface area contributed by atoms with Gasteiger partial charge in [-0.2, -0.15) is 13.2 Å². The number of aryl methyl sites for hydroxylation is 1. The van der Waals surface area contributed by atoms with Crippen LogP contribution in [0.15, 0.2) is 42.9 Å². The molecule has 3 aromatic heterocycles. The number of hydrogen-bond acceptors (Lipinski definition) is 6. The maximum absolute atomic E-state index is 14.1. The number of aromatic amines is 1. The summed E-state index contributed by atoms with van der Waals surface area (Å²) in [7, 11) is 0. The molecule has 3 N–H and O–H groups in total. The van der Waals surface area contributed by atoms with E-state index in [4.69, 9.17) is 4.74 Å². The zero-order valence-electron chi connectivity index (χ0n) is 23.5. The van der Waals surface area contributed by atoms with E-state index in [1.807, 2.05) is 0 Å². The first-order valence-electron chi connectivity index (χ1n) is 13.9. The van der Waals surface area contributed by atoms with Crippen molar-refractivity contribution in [2.24, 2.45) is 0 Å². The van der Waals surface area contributed by atoms with Crippen LogP contribution in [0.3, 0.4) is 0 Å². The van der Waals surface area contributed by atoms with Crippen LogP contribution in [0, 0.1) is 12.7 Å². The molecule has 43 heavy (non-hydrogen) atoms. The highest BCUT2D eigenvalue weighted by molar-refractivity contribution is 6.09. The number of H-pyrrole nitrogens is 1. The summed E-state index contributed by atoms with van der Waals surface area (Å²) in [6.07, 6.45) is 1.15. The molecule has 0 atom stereocenters. The summed E-state index contributed by atoms with van der Waals surface area (Å²) in [5.74, 6) is -0.977. The van der Waals surface area contributed by atoms with Crippen LogP contribution < -0.4 is 15.4 Å². The molecule has 0 bridgehead atoms. The summed E-state index contributed by atoms with van der Waals surface area (Å²) >= 11 is 0. The molecular formula is C30H30F4N6O3. The van der Waals surface area contributed by atoms with Crippen LogP contribution >= 0.6 is 0 Å². The topological polar surface area (TPSA) is 122 Å². The summed E-state index contributed by atoms with van der Waals surface area (Å²) in [5.41, 5.74) is 0.330. The Balaban J connectivity index is 1.44. The average Bonchev–Trinajstić information content (AvgIpc) is 3.33. The molecule has 0 unspecified atom stereocenters. The third kappa shape index (κ3) is 6.60. The number of carbonyl (C=O) groups excluding carboxylic acids is 2. The van der Waals surface area contributed by atoms with Crippen LogP contribution in [0.1, 0.15) is 66.3 Å². The van der Waals surface area contributed by atoms with E-state index >= 15 is 0 Å². The second-order valence-corrected chi connectivity index (χ2v) is 10.4. The van der Waals surface area contributed by atoms with Crippen molar-refractivity contribution >= 4 is 22.8 Å². The Kier molecular flexibility index (Phi) is 8.60. The van der Waals surface area contributed by atoms with E-state index < -0.39 is 17.6 Å². The van der Waals surface area contributed by atoms with Crippen molar-refractivity contribution in [3.05, 3.63) is 71.2 Å². The molecule has 0 saturated heterocycles. The molecule has 3 heterocycles. The number of pyridine rings is 1. The molecule has 226 valence electrons. The summed E-state index contributed by atoms with van der Waals surface area (Å²) in [4.78, 5) is 40.7. The van der Waals surface area contributed by atoms with Gasteiger partial charge >= 0.3 is 6.18 Å². The summed E-state index contributed by atoms with van der Waals surface area (Å²) in [5, 5.41) is 6.02. The van der Waals surface area contributed by atoms with Gasteiger partial charge in [0.25, 0.3) is 5.91 Å². The Morgan fingerprint density at radius 3 is 2.44 bits per heavy atom. The molecule has 4 aromatic rings. The van der Waals surface area contributed by atoms with Gasteiger partial charge in [-0.25, -0.2) is 14.4 Å². The van der Waals surface area contributed by atoms with E-state index in [-0.39, 0.29) is 69.8 Å². The fraction of sp³-hybridized carbons (Fsp3) is 0.367. The minimum Gasteiger partial charge on any atom is -0.486 e. The van der Waals surface area contributed by atoms with E-state index in [1.165, 1.54) is 24.7 Å². The van der Waals surface area contributed by atoms with Gasteiger partial charge in [0.15, 0.2) is 0 Å². The van der Waals surface area contributed by atoms with Gasteiger partial charge in [-0.1, -0.05) is 6.92 Å². The van der Waals surface area contributed by atoms with Crippen LogP contribution in [0.5, 0.6) is 5.75 Å². The van der Waals surface area contributed by atoms with Gasteiger partial charge < -0.3 is 20.4 Å². The number of rotatable bonds is 8. The van der Waals surface area contributed by atoms with Crippen molar-refractivity contribution in [2.75, 3.05) is 0 Å².